The van der Waals surface area contributed by atoms with Gasteiger partial charge in [-0.25, -0.2) is 0 Å². The molecule has 0 aromatic heterocycles. The lowest BCUT2D eigenvalue weighted by atomic mass is 10.8. The van der Waals surface area contributed by atoms with Crippen molar-refractivity contribution in [1.82, 2.24) is 0 Å². The summed E-state index contributed by atoms with van der Waals surface area (Å²) in [6, 6.07) is 0. The average molecular weight is 135 g/mol. The van der Waals surface area contributed by atoms with E-state index in [1.807, 2.05) is 13.8 Å². The Morgan fingerprint density at radius 2 is 1.89 bits per heavy atom. The van der Waals surface area contributed by atoms with Crippen LogP contribution < -0.4 is 5.73 Å². The predicted molar refractivity (Wildman–Crippen MR) is 38.3 cm³/mol. The molecule has 58 valence electrons. The Morgan fingerprint density at radius 1 is 1.44 bits per heavy atom. The fraction of sp³-hybridized carbons (Fsp3) is 1.00. The van der Waals surface area contributed by atoms with Crippen molar-refractivity contribution in [3.63, 3.8) is 0 Å². The van der Waals surface area contributed by atoms with Crippen LogP contribution in [0.4, 0.5) is 0 Å². The first kappa shape index (κ1) is 11.6. The number of rotatable bonds is 3. The van der Waals surface area contributed by atoms with Crippen LogP contribution in [0.15, 0.2) is 0 Å². The molecule has 3 heteroatoms. The van der Waals surface area contributed by atoms with Crippen molar-refractivity contribution in [2.45, 2.75) is 13.8 Å². The maximum absolute atomic E-state index is 8.07. The fourth-order valence-electron chi connectivity index (χ4n) is 0.209. The minimum Gasteiger partial charge on any atom is -0.394 e. The molecule has 3 N–H and O–H groups in total. The number of nitrogens with two attached hydrogens (primary N) is 1. The van der Waals surface area contributed by atoms with Gasteiger partial charge in [0.25, 0.3) is 0 Å². The maximum Gasteiger partial charge on any atom is 0.0697 e. The Balaban J connectivity index is 0. The van der Waals surface area contributed by atoms with Crippen LogP contribution in [0.5, 0.6) is 0 Å². The van der Waals surface area contributed by atoms with Crippen LogP contribution >= 0.6 is 0 Å². The van der Waals surface area contributed by atoms with Crippen molar-refractivity contribution in [3.05, 3.63) is 0 Å². The molecule has 0 aliphatic heterocycles. The highest BCUT2D eigenvalue weighted by molar-refractivity contribution is 4.18. The summed E-state index contributed by atoms with van der Waals surface area (Å²) in [5.74, 6) is 0. The van der Waals surface area contributed by atoms with Gasteiger partial charge in [0.15, 0.2) is 0 Å². The van der Waals surface area contributed by atoms with Crippen molar-refractivity contribution in [3.8, 4) is 0 Å². The van der Waals surface area contributed by atoms with Gasteiger partial charge in [0.2, 0.25) is 0 Å². The number of hydrogen-bond acceptors (Lipinski definition) is 3. The van der Waals surface area contributed by atoms with Gasteiger partial charge in [-0.05, 0) is 13.5 Å². The number of aliphatic hydroxyl groups excluding tert-OH is 1. The summed E-state index contributed by atoms with van der Waals surface area (Å²) < 4.78 is 4.73. The molecule has 9 heavy (non-hydrogen) atoms. The maximum atomic E-state index is 8.07. The first-order valence-electron chi connectivity index (χ1n) is 3.22. The lowest BCUT2D eigenvalue weighted by molar-refractivity contribution is 0.102. The Labute approximate surface area is 56.8 Å². The van der Waals surface area contributed by atoms with Crippen molar-refractivity contribution < 1.29 is 9.84 Å². The summed E-state index contributed by atoms with van der Waals surface area (Å²) in [5, 5.41) is 8.07. The minimum absolute atomic E-state index is 0.133. The topological polar surface area (TPSA) is 55.5 Å². The average Bonchev–Trinajstić information content (AvgIpc) is 1.86. The molecular formula is C6H17NO2. The second-order valence-electron chi connectivity index (χ2n) is 1.33. The number of aliphatic hydroxyl groups is 1. The summed E-state index contributed by atoms with van der Waals surface area (Å²) >= 11 is 0. The van der Waals surface area contributed by atoms with Crippen LogP contribution in [-0.4, -0.2) is 31.5 Å². The quantitative estimate of drug-likeness (QED) is 0.535. The predicted octanol–water partition coefficient (Wildman–Crippen LogP) is -0.0198. The summed E-state index contributed by atoms with van der Waals surface area (Å²) in [6.45, 7) is 5.85. The van der Waals surface area contributed by atoms with E-state index in [2.05, 4.69) is 0 Å². The number of hydrogen-bond donors (Lipinski definition) is 2. The zero-order chi connectivity index (χ0) is 7.54. The third-order valence-electron chi connectivity index (χ3n) is 0.440. The molecule has 3 nitrogen and oxygen atoms in total. The first-order valence-corrected chi connectivity index (χ1v) is 3.22. The Kier molecular flexibility index (Phi) is 20.3. The van der Waals surface area contributed by atoms with Crippen LogP contribution in [0.1, 0.15) is 13.8 Å². The van der Waals surface area contributed by atoms with Gasteiger partial charge in [0.05, 0.1) is 13.2 Å². The molecule has 0 radical (unpaired) electrons. The largest absolute Gasteiger partial charge is 0.394 e. The molecule has 0 aromatic carbocycles. The molecule has 0 amide bonds. The third-order valence-corrected chi connectivity index (χ3v) is 0.440. The van der Waals surface area contributed by atoms with E-state index in [-0.39, 0.29) is 6.61 Å². The SMILES string of the molecule is CCN.CCOCCO. The van der Waals surface area contributed by atoms with Crippen LogP contribution in [-0.2, 0) is 4.74 Å². The molecule has 0 aliphatic rings. The fourth-order valence-corrected chi connectivity index (χ4v) is 0.209. The van der Waals surface area contributed by atoms with Gasteiger partial charge in [-0.2, -0.15) is 0 Å². The van der Waals surface area contributed by atoms with Gasteiger partial charge in [0, 0.05) is 6.61 Å². The van der Waals surface area contributed by atoms with Crippen molar-refractivity contribution >= 4 is 0 Å². The molecule has 0 bridgehead atoms. The zero-order valence-corrected chi connectivity index (χ0v) is 6.26. The van der Waals surface area contributed by atoms with Gasteiger partial charge >= 0.3 is 0 Å². The molecule has 0 atom stereocenters. The molecular weight excluding hydrogens is 118 g/mol. The Hall–Kier alpha value is -0.120. The molecule has 0 saturated heterocycles. The highest BCUT2D eigenvalue weighted by atomic mass is 16.5. The van der Waals surface area contributed by atoms with Gasteiger partial charge in [-0.3, -0.25) is 0 Å². The summed E-state index contributed by atoms with van der Waals surface area (Å²) in [7, 11) is 0. The summed E-state index contributed by atoms with van der Waals surface area (Å²) in [5.41, 5.74) is 4.85. The zero-order valence-electron chi connectivity index (χ0n) is 6.26. The standard InChI is InChI=1S/C4H10O2.C2H7N/c1-2-6-4-3-5;1-2-3/h5H,2-4H2,1H3;2-3H2,1H3. The van der Waals surface area contributed by atoms with Gasteiger partial charge in [0.1, 0.15) is 0 Å². The molecule has 0 heterocycles. The van der Waals surface area contributed by atoms with Crippen molar-refractivity contribution in [1.29, 1.82) is 0 Å². The number of ether oxygens (including phenoxy) is 1. The van der Waals surface area contributed by atoms with Crippen LogP contribution in [0.2, 0.25) is 0 Å². The van der Waals surface area contributed by atoms with E-state index in [1.54, 1.807) is 0 Å². The van der Waals surface area contributed by atoms with E-state index in [9.17, 15) is 0 Å². The summed E-state index contributed by atoms with van der Waals surface area (Å²) in [4.78, 5) is 0. The van der Waals surface area contributed by atoms with Crippen molar-refractivity contribution in [2.24, 2.45) is 5.73 Å². The van der Waals surface area contributed by atoms with E-state index in [1.165, 1.54) is 0 Å². The van der Waals surface area contributed by atoms with Crippen molar-refractivity contribution in [2.75, 3.05) is 26.4 Å². The van der Waals surface area contributed by atoms with Gasteiger partial charge in [-0.1, -0.05) is 6.92 Å². The molecule has 0 fully saturated rings. The van der Waals surface area contributed by atoms with Crippen LogP contribution in [0.3, 0.4) is 0 Å². The third kappa shape index (κ3) is 32.8. The molecule has 0 spiro atoms. The molecule has 0 unspecified atom stereocenters. The summed E-state index contributed by atoms with van der Waals surface area (Å²) in [6.07, 6.45) is 0. The molecule has 0 saturated carbocycles. The van der Waals surface area contributed by atoms with Crippen LogP contribution in [0.25, 0.3) is 0 Å². The van der Waals surface area contributed by atoms with Gasteiger partial charge in [-0.15, -0.1) is 0 Å². The smallest absolute Gasteiger partial charge is 0.0697 e. The Bertz CT molecular complexity index is 30.2. The molecule has 0 aliphatic carbocycles. The highest BCUT2D eigenvalue weighted by Gasteiger charge is 1.73. The monoisotopic (exact) mass is 135 g/mol. The first-order chi connectivity index (χ1) is 4.33. The molecule has 0 rings (SSSR count). The van der Waals surface area contributed by atoms with E-state index in [4.69, 9.17) is 15.6 Å². The molecule has 0 aromatic rings. The van der Waals surface area contributed by atoms with Crippen LogP contribution in [0, 0.1) is 0 Å². The second kappa shape index (κ2) is 15.7. The lowest BCUT2D eigenvalue weighted by Gasteiger charge is -1.91. The Morgan fingerprint density at radius 3 is 2.00 bits per heavy atom. The normalized spacial score (nSPS) is 8.00. The van der Waals surface area contributed by atoms with E-state index in [0.717, 1.165) is 6.54 Å². The van der Waals surface area contributed by atoms with E-state index < -0.39 is 0 Å². The minimum atomic E-state index is 0.133. The second-order valence-corrected chi connectivity index (χ2v) is 1.33. The van der Waals surface area contributed by atoms with E-state index >= 15 is 0 Å². The lowest BCUT2D eigenvalue weighted by Crippen LogP contribution is -1.96. The van der Waals surface area contributed by atoms with E-state index in [0.29, 0.717) is 13.2 Å². The van der Waals surface area contributed by atoms with Gasteiger partial charge < -0.3 is 15.6 Å². The highest BCUT2D eigenvalue weighted by Crippen LogP contribution is 1.66.